The van der Waals surface area contributed by atoms with Gasteiger partial charge in [0, 0.05) is 24.9 Å². The van der Waals surface area contributed by atoms with Crippen LogP contribution in [0.5, 0.6) is 0 Å². The predicted octanol–water partition coefficient (Wildman–Crippen LogP) is 10.5. The summed E-state index contributed by atoms with van der Waals surface area (Å²) in [6.45, 7) is 15.3. The molecule has 7 fully saturated rings. The number of aliphatic hydroxyl groups is 2. The molecule has 1 saturated heterocycles. The lowest BCUT2D eigenvalue weighted by Crippen LogP contribution is -2.78. The normalized spacial score (nSPS) is 49.7. The molecule has 1 aromatic rings. The van der Waals surface area contributed by atoms with Crippen molar-refractivity contribution in [2.45, 2.75) is 188 Å². The number of ether oxygens (including phenoxy) is 2. The van der Waals surface area contributed by atoms with Crippen LogP contribution in [0.1, 0.15) is 168 Å². The van der Waals surface area contributed by atoms with E-state index in [0.29, 0.717) is 24.9 Å². The van der Waals surface area contributed by atoms with E-state index in [1.165, 1.54) is 62.5 Å². The maximum absolute atomic E-state index is 13.1. The van der Waals surface area contributed by atoms with Crippen molar-refractivity contribution in [2.75, 3.05) is 13.7 Å². The van der Waals surface area contributed by atoms with E-state index in [2.05, 4.69) is 65.8 Å². The average Bonchev–Trinajstić information content (AvgIpc) is 3.29. The standard InChI is InChI=1S/C49H76O6/c1-8-10-11-13-35-18-20-46-26-27-47-37(12-9-2)49(53,55-39(47)30-34-16-14-33(15-17-34)19-29-54-7)31-36(50)40(47)44(46,5)24-28-48(35)38-32-43(4,41(51)52)22-21-42(38,3)23-25-45(46,48)6/h14-17,35-40,50,53H,8-13,18-32H2,1-7H3,(H,51,52)/t35-,36+,37-,38-,39+,40+,42-,43-,44+,45-,46+,47-,48-,49+/m1/s1. The molecule has 4 bridgehead atoms. The molecule has 55 heavy (non-hydrogen) atoms. The molecule has 6 nitrogen and oxygen atoms in total. The molecule has 308 valence electrons. The number of aliphatic carboxylic acids is 1. The number of hydrogen-bond donors (Lipinski definition) is 3. The molecule has 0 unspecified atom stereocenters. The molecule has 0 amide bonds. The average molecular weight is 761 g/mol. The third-order valence-corrected chi connectivity index (χ3v) is 20.0. The minimum Gasteiger partial charge on any atom is -0.481 e. The van der Waals surface area contributed by atoms with Gasteiger partial charge in [0.2, 0.25) is 0 Å². The summed E-state index contributed by atoms with van der Waals surface area (Å²) in [5.74, 6) is -0.808. The summed E-state index contributed by atoms with van der Waals surface area (Å²) in [6.07, 6.45) is 20.0. The first kappa shape index (κ1) is 40.3. The molecule has 1 aliphatic heterocycles. The molecule has 3 N–H and O–H groups in total. The molecule has 2 spiro atoms. The number of carboxylic acid groups (broad SMARTS) is 1. The highest BCUT2D eigenvalue weighted by Gasteiger charge is 2.84. The summed E-state index contributed by atoms with van der Waals surface area (Å²) in [4.78, 5) is 13.1. The van der Waals surface area contributed by atoms with E-state index in [0.717, 1.165) is 70.6 Å². The number of benzene rings is 1. The Balaban J connectivity index is 1.24. The molecular weight excluding hydrogens is 685 g/mol. The highest BCUT2D eigenvalue weighted by molar-refractivity contribution is 5.74. The Morgan fingerprint density at radius 1 is 0.855 bits per heavy atom. The Hall–Kier alpha value is -1.47. The zero-order valence-corrected chi connectivity index (χ0v) is 35.7. The second-order valence-electron chi connectivity index (χ2n) is 21.8. The molecule has 7 aliphatic rings. The van der Waals surface area contributed by atoms with Crippen molar-refractivity contribution in [3.8, 4) is 0 Å². The summed E-state index contributed by atoms with van der Waals surface area (Å²) >= 11 is 0. The Labute approximate surface area is 333 Å². The third-order valence-electron chi connectivity index (χ3n) is 20.0. The van der Waals surface area contributed by atoms with Crippen LogP contribution >= 0.6 is 0 Å². The lowest BCUT2D eigenvalue weighted by Gasteiger charge is -2.83. The lowest BCUT2D eigenvalue weighted by molar-refractivity contribution is -0.359. The first-order valence-corrected chi connectivity index (χ1v) is 23.0. The highest BCUT2D eigenvalue weighted by atomic mass is 16.6. The van der Waals surface area contributed by atoms with E-state index < -0.39 is 23.3 Å². The van der Waals surface area contributed by atoms with E-state index in [9.17, 15) is 20.1 Å². The van der Waals surface area contributed by atoms with E-state index in [4.69, 9.17) is 9.47 Å². The maximum Gasteiger partial charge on any atom is 0.309 e. The summed E-state index contributed by atoms with van der Waals surface area (Å²) in [5.41, 5.74) is 1.83. The van der Waals surface area contributed by atoms with Crippen LogP contribution < -0.4 is 0 Å². The van der Waals surface area contributed by atoms with Gasteiger partial charge < -0.3 is 24.8 Å². The van der Waals surface area contributed by atoms with E-state index >= 15 is 0 Å². The molecular formula is C49H76O6. The molecule has 6 aliphatic carbocycles. The fraction of sp³-hybridized carbons (Fsp3) is 0.857. The Morgan fingerprint density at radius 2 is 1.58 bits per heavy atom. The van der Waals surface area contributed by atoms with Crippen LogP contribution in [-0.4, -0.2) is 53.0 Å². The van der Waals surface area contributed by atoms with Crippen molar-refractivity contribution in [3.05, 3.63) is 35.4 Å². The molecule has 6 heteroatoms. The fourth-order valence-corrected chi connectivity index (χ4v) is 17.5. The summed E-state index contributed by atoms with van der Waals surface area (Å²) in [6, 6.07) is 8.97. The van der Waals surface area contributed by atoms with Crippen molar-refractivity contribution in [3.63, 3.8) is 0 Å². The first-order valence-electron chi connectivity index (χ1n) is 23.0. The number of fused-ring (bicyclic) bond motifs is 3. The van der Waals surface area contributed by atoms with E-state index in [1.807, 2.05) is 0 Å². The van der Waals surface area contributed by atoms with Crippen LogP contribution in [0.4, 0.5) is 0 Å². The highest BCUT2D eigenvalue weighted by Crippen LogP contribution is 2.88. The molecule has 1 heterocycles. The Bertz CT molecular complexity index is 1590. The zero-order chi connectivity index (χ0) is 39.3. The van der Waals surface area contributed by atoms with Crippen molar-refractivity contribution in [2.24, 2.45) is 61.6 Å². The molecule has 6 saturated carbocycles. The zero-order valence-electron chi connectivity index (χ0n) is 35.7. The van der Waals surface area contributed by atoms with Crippen LogP contribution in [0, 0.1) is 61.6 Å². The van der Waals surface area contributed by atoms with E-state index in [1.54, 1.807) is 7.11 Å². The summed E-state index contributed by atoms with van der Waals surface area (Å²) in [5, 5.41) is 36.0. The lowest BCUT2D eigenvalue weighted by atomic mass is 9.21. The minimum absolute atomic E-state index is 0.00712. The smallest absolute Gasteiger partial charge is 0.309 e. The molecule has 14 atom stereocenters. The van der Waals surface area contributed by atoms with Gasteiger partial charge in [-0.05, 0) is 159 Å². The number of methoxy groups -OCH3 is 1. The van der Waals surface area contributed by atoms with Gasteiger partial charge in [0.25, 0.3) is 0 Å². The third kappa shape index (κ3) is 5.34. The molecule has 8 rings (SSSR count). The van der Waals surface area contributed by atoms with Crippen LogP contribution in [0.2, 0.25) is 0 Å². The van der Waals surface area contributed by atoms with Gasteiger partial charge in [-0.15, -0.1) is 0 Å². The van der Waals surface area contributed by atoms with Crippen LogP contribution in [-0.2, 0) is 27.1 Å². The van der Waals surface area contributed by atoms with E-state index in [-0.39, 0.29) is 50.4 Å². The van der Waals surface area contributed by atoms with Gasteiger partial charge in [0.15, 0.2) is 5.79 Å². The fourth-order valence-electron chi connectivity index (χ4n) is 17.5. The SMILES string of the molecule is CCCCC[C@@H]1CC[C@]23CC[C@@]45[C@H](Cc6ccc(CCOC)cc6)O[C@@](O)(C[C@H](O)[C@H]4[C@]2(C)CC[C@]12[C@@H]1C[C@](C)(C(=O)O)CC[C@]1(C)CC[C@@]23C)[C@@H]5CCC. The number of rotatable bonds is 12. The largest absolute Gasteiger partial charge is 0.481 e. The van der Waals surface area contributed by atoms with Crippen molar-refractivity contribution < 1.29 is 29.6 Å². The van der Waals surface area contributed by atoms with Crippen LogP contribution in [0.3, 0.4) is 0 Å². The quantitative estimate of drug-likeness (QED) is 0.184. The molecule has 0 radical (unpaired) electrons. The Morgan fingerprint density at radius 3 is 2.27 bits per heavy atom. The maximum atomic E-state index is 13.1. The number of aliphatic hydroxyl groups excluding tert-OH is 1. The van der Waals surface area contributed by atoms with Gasteiger partial charge in [-0.3, -0.25) is 4.79 Å². The summed E-state index contributed by atoms with van der Waals surface area (Å²) < 4.78 is 12.4. The van der Waals surface area contributed by atoms with Crippen molar-refractivity contribution >= 4 is 5.97 Å². The second kappa shape index (κ2) is 13.8. The first-order chi connectivity index (χ1) is 26.1. The minimum atomic E-state index is -1.30. The van der Waals surface area contributed by atoms with Gasteiger partial charge in [-0.1, -0.05) is 84.6 Å². The van der Waals surface area contributed by atoms with Gasteiger partial charge >= 0.3 is 5.97 Å². The second-order valence-corrected chi connectivity index (χ2v) is 21.8. The number of carboxylic acids is 1. The van der Waals surface area contributed by atoms with Gasteiger partial charge in [0.05, 0.1) is 24.2 Å². The van der Waals surface area contributed by atoms with Crippen molar-refractivity contribution in [1.29, 1.82) is 0 Å². The Kier molecular flexibility index (Phi) is 10.1. The van der Waals surface area contributed by atoms with Gasteiger partial charge in [-0.2, -0.15) is 0 Å². The topological polar surface area (TPSA) is 96.2 Å². The summed E-state index contributed by atoms with van der Waals surface area (Å²) in [7, 11) is 1.75. The number of hydrogen-bond acceptors (Lipinski definition) is 5. The molecule has 0 aromatic heterocycles. The number of carbonyl (C=O) groups is 1. The van der Waals surface area contributed by atoms with Crippen LogP contribution in [0.25, 0.3) is 0 Å². The van der Waals surface area contributed by atoms with Gasteiger partial charge in [-0.25, -0.2) is 0 Å². The van der Waals surface area contributed by atoms with Crippen LogP contribution in [0.15, 0.2) is 24.3 Å². The molecule has 1 aromatic carbocycles. The number of unbranched alkanes of at least 4 members (excludes halogenated alkanes) is 2. The monoisotopic (exact) mass is 761 g/mol. The predicted molar refractivity (Wildman–Crippen MR) is 217 cm³/mol. The van der Waals surface area contributed by atoms with Gasteiger partial charge in [0.1, 0.15) is 0 Å². The van der Waals surface area contributed by atoms with Crippen molar-refractivity contribution in [1.82, 2.24) is 0 Å².